The monoisotopic (exact) mass is 306 g/mol. The van der Waals surface area contributed by atoms with E-state index in [9.17, 15) is 14.5 Å². The number of non-ortho nitro benzene ring substituents is 1. The van der Waals surface area contributed by atoms with Gasteiger partial charge in [0.25, 0.3) is 10.9 Å². The second-order valence-corrected chi connectivity index (χ2v) is 4.50. The Morgan fingerprint density at radius 1 is 1.19 bits per heavy atom. The predicted octanol–water partition coefficient (Wildman–Crippen LogP) is 3.65. The smallest absolute Gasteiger partial charge is 0.269 e. The van der Waals surface area contributed by atoms with Crippen molar-refractivity contribution in [3.05, 3.63) is 70.0 Å². The summed E-state index contributed by atoms with van der Waals surface area (Å²) in [6.07, 6.45) is 0. The minimum absolute atomic E-state index is 0.0192. The molecule has 0 unspecified atom stereocenters. The molecule has 2 rings (SSSR count). The molecule has 0 aromatic heterocycles. The molecule has 2 aromatic carbocycles. The van der Waals surface area contributed by atoms with Crippen LogP contribution in [-0.4, -0.2) is 10.1 Å². The lowest BCUT2D eigenvalue weighted by atomic mass is 10.2. The Hall–Kier alpha value is -2.54. The van der Waals surface area contributed by atoms with Crippen LogP contribution in [0.2, 0.25) is 0 Å². The molecular weight excluding hydrogens is 295 g/mol. The quantitative estimate of drug-likeness (QED) is 0.530. The molecule has 0 aliphatic carbocycles. The lowest BCUT2D eigenvalue weighted by Crippen LogP contribution is -2.13. The maximum Gasteiger partial charge on any atom is 0.269 e. The number of ether oxygens (including phenoxy) is 1. The number of nitrogens with zero attached hydrogens (tertiary/aromatic N) is 1. The number of hydrogen-bond acceptors (Lipinski definition) is 4. The summed E-state index contributed by atoms with van der Waals surface area (Å²) in [6, 6.07) is 11.7. The molecular formula is C14H11FN2O3S. The first kappa shape index (κ1) is 14.9. The van der Waals surface area contributed by atoms with Crippen molar-refractivity contribution in [2.24, 2.45) is 0 Å². The Balaban J connectivity index is 1.86. The molecule has 0 saturated carbocycles. The van der Waals surface area contributed by atoms with E-state index >= 15 is 0 Å². The van der Waals surface area contributed by atoms with Crippen LogP contribution in [0.3, 0.4) is 0 Å². The van der Waals surface area contributed by atoms with E-state index in [1.807, 2.05) is 0 Å². The van der Waals surface area contributed by atoms with Crippen molar-refractivity contribution in [1.82, 2.24) is 0 Å². The van der Waals surface area contributed by atoms with Gasteiger partial charge in [-0.05, 0) is 54.2 Å². The number of anilines is 1. The predicted molar refractivity (Wildman–Crippen MR) is 80.5 cm³/mol. The standard InChI is InChI=1S/C14H11FN2O3S/c15-11-3-5-12(6-4-11)16-14(21)20-9-10-1-7-13(8-2-10)17(18)19/h1-8H,9H2,(H,16,21). The average Bonchev–Trinajstić information content (AvgIpc) is 2.48. The van der Waals surface area contributed by atoms with Gasteiger partial charge in [0.1, 0.15) is 12.4 Å². The minimum atomic E-state index is -0.467. The number of nitrogens with one attached hydrogen (secondary N) is 1. The molecule has 0 aliphatic rings. The van der Waals surface area contributed by atoms with Crippen LogP contribution in [0.1, 0.15) is 5.56 Å². The van der Waals surface area contributed by atoms with E-state index < -0.39 is 4.92 Å². The summed E-state index contributed by atoms with van der Waals surface area (Å²) in [7, 11) is 0. The van der Waals surface area contributed by atoms with Crippen LogP contribution in [0, 0.1) is 15.9 Å². The SMILES string of the molecule is O=[N+]([O-])c1ccc(COC(=S)Nc2ccc(F)cc2)cc1. The molecule has 108 valence electrons. The topological polar surface area (TPSA) is 64.4 Å². The van der Waals surface area contributed by atoms with Crippen molar-refractivity contribution in [2.75, 3.05) is 5.32 Å². The number of nitro benzene ring substituents is 1. The normalized spacial score (nSPS) is 9.95. The minimum Gasteiger partial charge on any atom is -0.466 e. The van der Waals surface area contributed by atoms with Gasteiger partial charge >= 0.3 is 0 Å². The van der Waals surface area contributed by atoms with Crippen LogP contribution in [0.5, 0.6) is 0 Å². The molecule has 0 saturated heterocycles. The molecule has 5 nitrogen and oxygen atoms in total. The van der Waals surface area contributed by atoms with Crippen LogP contribution < -0.4 is 5.32 Å². The third kappa shape index (κ3) is 4.50. The van der Waals surface area contributed by atoms with Crippen molar-refractivity contribution in [2.45, 2.75) is 6.61 Å². The van der Waals surface area contributed by atoms with Crippen molar-refractivity contribution >= 4 is 28.8 Å². The van der Waals surface area contributed by atoms with Gasteiger partial charge in [-0.15, -0.1) is 0 Å². The van der Waals surface area contributed by atoms with E-state index in [0.717, 1.165) is 5.56 Å². The molecule has 0 bridgehead atoms. The average molecular weight is 306 g/mol. The lowest BCUT2D eigenvalue weighted by molar-refractivity contribution is -0.384. The summed E-state index contributed by atoms with van der Waals surface area (Å²) < 4.78 is 18.1. The highest BCUT2D eigenvalue weighted by atomic mass is 32.1. The summed E-state index contributed by atoms with van der Waals surface area (Å²) in [5.41, 5.74) is 1.39. The van der Waals surface area contributed by atoms with Crippen LogP contribution >= 0.6 is 12.2 Å². The molecule has 0 spiro atoms. The van der Waals surface area contributed by atoms with Crippen LogP contribution in [0.4, 0.5) is 15.8 Å². The fraction of sp³-hybridized carbons (Fsp3) is 0.0714. The number of hydrogen-bond donors (Lipinski definition) is 1. The van der Waals surface area contributed by atoms with E-state index in [2.05, 4.69) is 5.32 Å². The Kier molecular flexibility index (Phi) is 4.78. The van der Waals surface area contributed by atoms with Crippen molar-refractivity contribution in [3.63, 3.8) is 0 Å². The third-order valence-corrected chi connectivity index (χ3v) is 2.83. The van der Waals surface area contributed by atoms with Crippen molar-refractivity contribution in [3.8, 4) is 0 Å². The zero-order chi connectivity index (χ0) is 15.2. The first-order valence-electron chi connectivity index (χ1n) is 5.97. The third-order valence-electron chi connectivity index (χ3n) is 2.61. The zero-order valence-electron chi connectivity index (χ0n) is 10.8. The summed E-state index contributed by atoms with van der Waals surface area (Å²) in [5.74, 6) is -0.335. The van der Waals surface area contributed by atoms with Gasteiger partial charge in [-0.1, -0.05) is 0 Å². The van der Waals surface area contributed by atoms with Gasteiger partial charge in [0.15, 0.2) is 0 Å². The lowest BCUT2D eigenvalue weighted by Gasteiger charge is -2.09. The second-order valence-electron chi connectivity index (χ2n) is 4.13. The Labute approximate surface area is 125 Å². The first-order chi connectivity index (χ1) is 10.0. The summed E-state index contributed by atoms with van der Waals surface area (Å²) >= 11 is 5.00. The number of rotatable bonds is 4. The highest BCUT2D eigenvalue weighted by molar-refractivity contribution is 7.80. The molecule has 0 radical (unpaired) electrons. The second kappa shape index (κ2) is 6.76. The molecule has 0 fully saturated rings. The molecule has 0 aliphatic heterocycles. The van der Waals surface area contributed by atoms with E-state index in [1.54, 1.807) is 12.1 Å². The summed E-state index contributed by atoms with van der Waals surface area (Å²) in [4.78, 5) is 10.1. The molecule has 7 heteroatoms. The molecule has 0 amide bonds. The Morgan fingerprint density at radius 3 is 2.38 bits per heavy atom. The van der Waals surface area contributed by atoms with E-state index in [1.165, 1.54) is 36.4 Å². The van der Waals surface area contributed by atoms with Gasteiger partial charge < -0.3 is 10.1 Å². The Morgan fingerprint density at radius 2 is 1.81 bits per heavy atom. The maximum absolute atomic E-state index is 12.7. The maximum atomic E-state index is 12.7. The summed E-state index contributed by atoms with van der Waals surface area (Å²) in [5, 5.41) is 13.5. The number of nitro groups is 1. The fourth-order valence-corrected chi connectivity index (χ4v) is 1.73. The van der Waals surface area contributed by atoms with Gasteiger partial charge in [0.05, 0.1) is 4.92 Å². The van der Waals surface area contributed by atoms with Gasteiger partial charge in [-0.3, -0.25) is 10.1 Å². The van der Waals surface area contributed by atoms with Crippen molar-refractivity contribution < 1.29 is 14.1 Å². The highest BCUT2D eigenvalue weighted by Crippen LogP contribution is 2.13. The molecule has 21 heavy (non-hydrogen) atoms. The van der Waals surface area contributed by atoms with Crippen LogP contribution in [0.15, 0.2) is 48.5 Å². The number of thiocarbonyl (C=S) groups is 1. The fourth-order valence-electron chi connectivity index (χ4n) is 1.55. The van der Waals surface area contributed by atoms with Gasteiger partial charge in [0.2, 0.25) is 0 Å². The van der Waals surface area contributed by atoms with E-state index in [-0.39, 0.29) is 23.3 Å². The number of benzene rings is 2. The van der Waals surface area contributed by atoms with Gasteiger partial charge in [-0.25, -0.2) is 4.39 Å². The zero-order valence-corrected chi connectivity index (χ0v) is 11.6. The van der Waals surface area contributed by atoms with E-state index in [0.29, 0.717) is 5.69 Å². The van der Waals surface area contributed by atoms with Crippen LogP contribution in [-0.2, 0) is 11.3 Å². The van der Waals surface area contributed by atoms with Gasteiger partial charge in [-0.2, -0.15) is 0 Å². The molecule has 1 N–H and O–H groups in total. The number of halogens is 1. The van der Waals surface area contributed by atoms with E-state index in [4.69, 9.17) is 17.0 Å². The van der Waals surface area contributed by atoms with Crippen molar-refractivity contribution in [1.29, 1.82) is 0 Å². The molecule has 0 atom stereocenters. The Bertz CT molecular complexity index is 644. The molecule has 2 aromatic rings. The first-order valence-corrected chi connectivity index (χ1v) is 6.38. The van der Waals surface area contributed by atoms with Crippen LogP contribution in [0.25, 0.3) is 0 Å². The van der Waals surface area contributed by atoms with Gasteiger partial charge in [0, 0.05) is 17.8 Å². The highest BCUT2D eigenvalue weighted by Gasteiger charge is 2.05. The largest absolute Gasteiger partial charge is 0.466 e. The molecule has 0 heterocycles. The summed E-state index contributed by atoms with van der Waals surface area (Å²) in [6.45, 7) is 0.186.